The Morgan fingerprint density at radius 2 is 1.92 bits per heavy atom. The lowest BCUT2D eigenvalue weighted by molar-refractivity contribution is 0.287. The van der Waals surface area contributed by atoms with Crippen molar-refractivity contribution in [3.8, 4) is 0 Å². The molecule has 1 rings (SSSR count). The molecule has 0 aromatic carbocycles. The number of rotatable bonds is 1. The fraction of sp³-hybridized carbons (Fsp3) is 0.900. The van der Waals surface area contributed by atoms with Crippen LogP contribution in [0.5, 0.6) is 0 Å². The summed E-state index contributed by atoms with van der Waals surface area (Å²) in [5, 5.41) is 12.3. The van der Waals surface area contributed by atoms with Crippen molar-refractivity contribution in [2.45, 2.75) is 44.6 Å². The maximum absolute atomic E-state index is 8.89. The number of hydrogen-bond donors (Lipinski definition) is 1. The van der Waals surface area contributed by atoms with Gasteiger partial charge in [-0.05, 0) is 33.4 Å². The molecule has 0 amide bonds. The molecule has 1 aliphatic rings. The first-order chi connectivity index (χ1) is 6.25. The molecule has 13 heavy (non-hydrogen) atoms. The van der Waals surface area contributed by atoms with E-state index < -0.39 is 0 Å². The third-order valence-electron chi connectivity index (χ3n) is 2.80. The minimum atomic E-state index is 0.352. The van der Waals surface area contributed by atoms with Gasteiger partial charge in [0.15, 0.2) is 0 Å². The zero-order valence-electron chi connectivity index (χ0n) is 8.66. The van der Waals surface area contributed by atoms with E-state index in [2.05, 4.69) is 24.2 Å². The molecule has 1 atom stereocenters. The molecule has 0 aromatic heterocycles. The lowest BCUT2D eigenvalue weighted by Crippen LogP contribution is -2.36. The summed E-state index contributed by atoms with van der Waals surface area (Å²) in [5.74, 6) is 0. The van der Waals surface area contributed by atoms with Crippen LogP contribution in [0.25, 0.3) is 0 Å². The third kappa shape index (κ3) is 2.99. The van der Waals surface area contributed by atoms with Gasteiger partial charge >= 0.3 is 0 Å². The van der Waals surface area contributed by atoms with E-state index in [1.807, 2.05) is 0 Å². The highest BCUT2D eigenvalue weighted by atomic mass is 16.4. The van der Waals surface area contributed by atoms with Crippen LogP contribution in [0.3, 0.4) is 0 Å². The average Bonchev–Trinajstić information content (AvgIpc) is 2.03. The van der Waals surface area contributed by atoms with E-state index in [0.29, 0.717) is 6.04 Å². The topological polar surface area (TPSA) is 35.8 Å². The maximum atomic E-state index is 8.89. The van der Waals surface area contributed by atoms with E-state index in [1.165, 1.54) is 25.7 Å². The summed E-state index contributed by atoms with van der Waals surface area (Å²) >= 11 is 0. The van der Waals surface area contributed by atoms with Crippen LogP contribution in [0.2, 0.25) is 0 Å². The average molecular weight is 184 g/mol. The highest BCUT2D eigenvalue weighted by Crippen LogP contribution is 2.18. The van der Waals surface area contributed by atoms with Gasteiger partial charge in [-0.25, -0.2) is 0 Å². The van der Waals surface area contributed by atoms with Gasteiger partial charge in [-0.3, -0.25) is 0 Å². The van der Waals surface area contributed by atoms with Crippen molar-refractivity contribution >= 4 is 5.71 Å². The Bertz CT molecular complexity index is 178. The molecule has 0 bridgehead atoms. The van der Waals surface area contributed by atoms with Crippen molar-refractivity contribution in [3.05, 3.63) is 0 Å². The van der Waals surface area contributed by atoms with Crippen LogP contribution >= 0.6 is 0 Å². The van der Waals surface area contributed by atoms with Gasteiger partial charge in [0, 0.05) is 0 Å². The van der Waals surface area contributed by atoms with E-state index in [-0.39, 0.29) is 0 Å². The predicted octanol–water partition coefficient (Wildman–Crippen LogP) is 2.10. The van der Waals surface area contributed by atoms with Crippen LogP contribution in [0.1, 0.15) is 38.5 Å². The Kier molecular flexibility index (Phi) is 4.22. The highest BCUT2D eigenvalue weighted by molar-refractivity contribution is 5.89. The molecule has 0 aromatic rings. The molecule has 3 nitrogen and oxygen atoms in total. The maximum Gasteiger partial charge on any atom is 0.0741 e. The van der Waals surface area contributed by atoms with Gasteiger partial charge < -0.3 is 10.1 Å². The summed E-state index contributed by atoms with van der Waals surface area (Å²) in [5.41, 5.74) is 0.963. The summed E-state index contributed by atoms with van der Waals surface area (Å²) < 4.78 is 0. The van der Waals surface area contributed by atoms with Crippen molar-refractivity contribution < 1.29 is 5.21 Å². The van der Waals surface area contributed by atoms with Gasteiger partial charge in [0.05, 0.1) is 11.8 Å². The smallest absolute Gasteiger partial charge is 0.0741 e. The Morgan fingerprint density at radius 1 is 1.23 bits per heavy atom. The Labute approximate surface area is 80.4 Å². The predicted molar refractivity (Wildman–Crippen MR) is 54.4 cm³/mol. The summed E-state index contributed by atoms with van der Waals surface area (Å²) in [7, 11) is 4.11. The van der Waals surface area contributed by atoms with Gasteiger partial charge in [-0.1, -0.05) is 24.4 Å². The van der Waals surface area contributed by atoms with E-state index in [1.54, 1.807) is 0 Å². The zero-order valence-corrected chi connectivity index (χ0v) is 8.66. The van der Waals surface area contributed by atoms with Crippen molar-refractivity contribution in [1.82, 2.24) is 4.90 Å². The van der Waals surface area contributed by atoms with Gasteiger partial charge in [0.25, 0.3) is 0 Å². The van der Waals surface area contributed by atoms with E-state index in [4.69, 9.17) is 5.21 Å². The molecule has 0 radical (unpaired) electrons. The first-order valence-corrected chi connectivity index (χ1v) is 5.13. The third-order valence-corrected chi connectivity index (χ3v) is 2.80. The standard InChI is InChI=1S/C10H20N2O/c1-12(2)10-8-6-4-3-5-7-9(10)11-13/h10,13H,3-8H2,1-2H3/b11-9+. The van der Waals surface area contributed by atoms with Crippen LogP contribution < -0.4 is 0 Å². The van der Waals surface area contributed by atoms with Crippen LogP contribution in [-0.4, -0.2) is 36.0 Å². The van der Waals surface area contributed by atoms with E-state index >= 15 is 0 Å². The molecular formula is C10H20N2O. The molecule has 76 valence electrons. The molecule has 1 fully saturated rings. The van der Waals surface area contributed by atoms with Crippen molar-refractivity contribution in [2.75, 3.05) is 14.1 Å². The lowest BCUT2D eigenvalue weighted by atomic mass is 9.94. The van der Waals surface area contributed by atoms with Gasteiger partial charge in [0.2, 0.25) is 0 Å². The zero-order chi connectivity index (χ0) is 9.68. The molecule has 0 saturated heterocycles. The second kappa shape index (κ2) is 5.22. The monoisotopic (exact) mass is 184 g/mol. The van der Waals surface area contributed by atoms with Crippen LogP contribution in [-0.2, 0) is 0 Å². The fourth-order valence-corrected chi connectivity index (χ4v) is 2.00. The first kappa shape index (κ1) is 10.5. The lowest BCUT2D eigenvalue weighted by Gasteiger charge is -2.26. The van der Waals surface area contributed by atoms with Crippen molar-refractivity contribution in [1.29, 1.82) is 0 Å². The molecule has 1 saturated carbocycles. The molecule has 1 aliphatic carbocycles. The van der Waals surface area contributed by atoms with E-state index in [9.17, 15) is 0 Å². The first-order valence-electron chi connectivity index (χ1n) is 5.13. The van der Waals surface area contributed by atoms with Gasteiger partial charge in [-0.15, -0.1) is 0 Å². The second-order valence-electron chi connectivity index (χ2n) is 4.02. The molecule has 3 heteroatoms. The number of oxime groups is 1. The highest BCUT2D eigenvalue weighted by Gasteiger charge is 2.19. The van der Waals surface area contributed by atoms with Gasteiger partial charge in [0.1, 0.15) is 0 Å². The molecule has 1 unspecified atom stereocenters. The minimum Gasteiger partial charge on any atom is -0.411 e. The molecule has 0 aliphatic heterocycles. The van der Waals surface area contributed by atoms with Crippen LogP contribution in [0.15, 0.2) is 5.16 Å². The summed E-state index contributed by atoms with van der Waals surface area (Å²) in [6.45, 7) is 0. The normalized spacial score (nSPS) is 28.8. The van der Waals surface area contributed by atoms with Crippen LogP contribution in [0.4, 0.5) is 0 Å². The quantitative estimate of drug-likeness (QED) is 0.500. The molecular weight excluding hydrogens is 164 g/mol. The molecule has 0 heterocycles. The van der Waals surface area contributed by atoms with E-state index in [0.717, 1.165) is 18.6 Å². The summed E-state index contributed by atoms with van der Waals surface area (Å²) in [4.78, 5) is 2.15. The van der Waals surface area contributed by atoms with Crippen molar-refractivity contribution in [2.24, 2.45) is 5.16 Å². The van der Waals surface area contributed by atoms with Gasteiger partial charge in [-0.2, -0.15) is 0 Å². The Balaban J connectivity index is 2.61. The Hall–Kier alpha value is -0.570. The van der Waals surface area contributed by atoms with Crippen LogP contribution in [0, 0.1) is 0 Å². The SMILES string of the molecule is CN(C)C1CCCCCC/C1=N\O. The molecule has 0 spiro atoms. The fourth-order valence-electron chi connectivity index (χ4n) is 2.00. The summed E-state index contributed by atoms with van der Waals surface area (Å²) in [6.07, 6.45) is 7.11. The van der Waals surface area contributed by atoms with Crippen molar-refractivity contribution in [3.63, 3.8) is 0 Å². The summed E-state index contributed by atoms with van der Waals surface area (Å²) in [6, 6.07) is 0.352. The Morgan fingerprint density at radius 3 is 2.54 bits per heavy atom. The minimum absolute atomic E-state index is 0.352. The number of nitrogens with zero attached hydrogens (tertiary/aromatic N) is 2. The second-order valence-corrected chi connectivity index (χ2v) is 4.02. The molecule has 1 N–H and O–H groups in total. The largest absolute Gasteiger partial charge is 0.411 e. The number of hydrogen-bond acceptors (Lipinski definition) is 3.